The van der Waals surface area contributed by atoms with Gasteiger partial charge in [-0.3, -0.25) is 10.1 Å². The highest BCUT2D eigenvalue weighted by Gasteiger charge is 2.09. The van der Waals surface area contributed by atoms with Crippen molar-refractivity contribution in [1.29, 1.82) is 0 Å². The molecule has 0 amide bonds. The van der Waals surface area contributed by atoms with E-state index in [0.29, 0.717) is 6.42 Å². The molecule has 0 radical (unpaired) electrons. The van der Waals surface area contributed by atoms with Crippen LogP contribution in [0.2, 0.25) is 0 Å². The largest absolute Gasteiger partial charge is 0.386 e. The molecule has 4 nitrogen and oxygen atoms in total. The van der Waals surface area contributed by atoms with Crippen LogP contribution in [0.3, 0.4) is 0 Å². The molecule has 0 rings (SSSR count). The molecule has 0 saturated carbocycles. The Morgan fingerprint density at radius 2 is 2.18 bits per heavy atom. The first-order valence-electron chi connectivity index (χ1n) is 3.96. The van der Waals surface area contributed by atoms with Gasteiger partial charge in [0.15, 0.2) is 0 Å². The number of unbranched alkanes of at least 4 members (excludes halogenated alkanes) is 2. The molecule has 0 aromatic rings. The first kappa shape index (κ1) is 10.4. The standard InChI is InChI=1S/C7H15NO3/c1-2-3-4-5-7(9)6-8(10)11/h7,9H,2-6H2,1H3/t7-/m1/s1. The van der Waals surface area contributed by atoms with E-state index in [2.05, 4.69) is 6.92 Å². The zero-order chi connectivity index (χ0) is 8.69. The summed E-state index contributed by atoms with van der Waals surface area (Å²) in [5, 5.41) is 18.9. The van der Waals surface area contributed by atoms with Gasteiger partial charge >= 0.3 is 0 Å². The van der Waals surface area contributed by atoms with E-state index in [4.69, 9.17) is 5.11 Å². The summed E-state index contributed by atoms with van der Waals surface area (Å²) in [6.45, 7) is 1.74. The molecule has 0 aromatic heterocycles. The first-order chi connectivity index (χ1) is 5.16. The zero-order valence-electron chi connectivity index (χ0n) is 6.82. The smallest absolute Gasteiger partial charge is 0.229 e. The van der Waals surface area contributed by atoms with E-state index in [0.717, 1.165) is 19.3 Å². The maximum Gasteiger partial charge on any atom is 0.229 e. The molecule has 0 fully saturated rings. The van der Waals surface area contributed by atoms with Crippen LogP contribution in [0.5, 0.6) is 0 Å². The number of nitro groups is 1. The van der Waals surface area contributed by atoms with Gasteiger partial charge in [0.2, 0.25) is 6.54 Å². The molecular formula is C7H15NO3. The van der Waals surface area contributed by atoms with Crippen molar-refractivity contribution >= 4 is 0 Å². The fraction of sp³-hybridized carbons (Fsp3) is 1.00. The SMILES string of the molecule is CCCCC[C@@H](O)C[N+](=O)[O-]. The molecule has 0 bridgehead atoms. The molecule has 0 unspecified atom stereocenters. The van der Waals surface area contributed by atoms with Gasteiger partial charge in [0, 0.05) is 4.92 Å². The van der Waals surface area contributed by atoms with Crippen LogP contribution in [0.15, 0.2) is 0 Å². The van der Waals surface area contributed by atoms with E-state index in [1.54, 1.807) is 0 Å². The Morgan fingerprint density at radius 1 is 1.55 bits per heavy atom. The monoisotopic (exact) mass is 161 g/mol. The van der Waals surface area contributed by atoms with Gasteiger partial charge in [-0.15, -0.1) is 0 Å². The Kier molecular flexibility index (Phi) is 5.74. The topological polar surface area (TPSA) is 63.4 Å². The van der Waals surface area contributed by atoms with Gasteiger partial charge < -0.3 is 5.11 Å². The van der Waals surface area contributed by atoms with Gasteiger partial charge in [-0.2, -0.15) is 0 Å². The third-order valence-corrected chi connectivity index (χ3v) is 1.50. The lowest BCUT2D eigenvalue weighted by atomic mass is 10.1. The lowest BCUT2D eigenvalue weighted by Crippen LogP contribution is -2.18. The van der Waals surface area contributed by atoms with Crippen LogP contribution >= 0.6 is 0 Å². The lowest BCUT2D eigenvalue weighted by Gasteiger charge is -2.03. The van der Waals surface area contributed by atoms with Crippen LogP contribution < -0.4 is 0 Å². The summed E-state index contributed by atoms with van der Waals surface area (Å²) in [5.74, 6) is 0. The summed E-state index contributed by atoms with van der Waals surface area (Å²) in [6, 6.07) is 0. The molecule has 11 heavy (non-hydrogen) atoms. The predicted molar refractivity (Wildman–Crippen MR) is 42.0 cm³/mol. The highest BCUT2D eigenvalue weighted by Crippen LogP contribution is 2.02. The van der Waals surface area contributed by atoms with Crippen molar-refractivity contribution in [2.24, 2.45) is 0 Å². The van der Waals surface area contributed by atoms with Gasteiger partial charge in [0.25, 0.3) is 0 Å². The number of rotatable bonds is 6. The number of aliphatic hydroxyl groups excluding tert-OH is 1. The summed E-state index contributed by atoms with van der Waals surface area (Å²) in [6.07, 6.45) is 2.79. The second kappa shape index (κ2) is 6.09. The Morgan fingerprint density at radius 3 is 2.64 bits per heavy atom. The van der Waals surface area contributed by atoms with Crippen LogP contribution in [-0.4, -0.2) is 22.7 Å². The van der Waals surface area contributed by atoms with Crippen molar-refractivity contribution in [1.82, 2.24) is 0 Å². The second-order valence-electron chi connectivity index (χ2n) is 2.66. The van der Waals surface area contributed by atoms with E-state index in [-0.39, 0.29) is 6.54 Å². The number of hydrogen-bond donors (Lipinski definition) is 1. The third kappa shape index (κ3) is 7.25. The minimum absolute atomic E-state index is 0.316. The highest BCUT2D eigenvalue weighted by atomic mass is 16.6. The van der Waals surface area contributed by atoms with Crippen LogP contribution in [0, 0.1) is 10.1 Å². The fourth-order valence-corrected chi connectivity index (χ4v) is 0.893. The molecule has 1 atom stereocenters. The molecule has 0 aliphatic rings. The van der Waals surface area contributed by atoms with Gasteiger partial charge in [-0.05, 0) is 6.42 Å². The summed E-state index contributed by atoms with van der Waals surface area (Å²) >= 11 is 0. The molecule has 0 aliphatic heterocycles. The Bertz CT molecular complexity index is 116. The average molecular weight is 161 g/mol. The molecule has 0 aliphatic carbocycles. The summed E-state index contributed by atoms with van der Waals surface area (Å²) < 4.78 is 0. The van der Waals surface area contributed by atoms with Crippen LogP contribution in [0.4, 0.5) is 0 Å². The van der Waals surface area contributed by atoms with E-state index in [9.17, 15) is 10.1 Å². The van der Waals surface area contributed by atoms with Crippen molar-refractivity contribution in [3.63, 3.8) is 0 Å². The maximum absolute atomic E-state index is 9.89. The van der Waals surface area contributed by atoms with Gasteiger partial charge in [0.1, 0.15) is 6.10 Å². The molecule has 4 heteroatoms. The Hall–Kier alpha value is -0.640. The normalized spacial score (nSPS) is 12.9. The lowest BCUT2D eigenvalue weighted by molar-refractivity contribution is -0.490. The first-order valence-corrected chi connectivity index (χ1v) is 3.96. The zero-order valence-corrected chi connectivity index (χ0v) is 6.82. The number of nitrogens with zero attached hydrogens (tertiary/aromatic N) is 1. The molecule has 0 saturated heterocycles. The minimum atomic E-state index is -0.753. The quantitative estimate of drug-likeness (QED) is 0.361. The number of hydrogen-bond acceptors (Lipinski definition) is 3. The van der Waals surface area contributed by atoms with Gasteiger partial charge in [-0.1, -0.05) is 26.2 Å². The molecular weight excluding hydrogens is 146 g/mol. The van der Waals surface area contributed by atoms with Crippen LogP contribution in [-0.2, 0) is 0 Å². The maximum atomic E-state index is 9.89. The molecule has 0 aromatic carbocycles. The highest BCUT2D eigenvalue weighted by molar-refractivity contribution is 4.52. The average Bonchev–Trinajstić information content (AvgIpc) is 1.86. The molecule has 0 spiro atoms. The van der Waals surface area contributed by atoms with Crippen LogP contribution in [0.1, 0.15) is 32.6 Å². The summed E-state index contributed by atoms with van der Waals surface area (Å²) in [5.41, 5.74) is 0. The molecule has 0 heterocycles. The van der Waals surface area contributed by atoms with Crippen molar-refractivity contribution in [3.8, 4) is 0 Å². The van der Waals surface area contributed by atoms with E-state index < -0.39 is 11.0 Å². The Labute approximate surface area is 66.4 Å². The molecule has 66 valence electrons. The fourth-order valence-electron chi connectivity index (χ4n) is 0.893. The van der Waals surface area contributed by atoms with E-state index in [1.807, 2.05) is 0 Å². The Balaban J connectivity index is 3.22. The van der Waals surface area contributed by atoms with Crippen LogP contribution in [0.25, 0.3) is 0 Å². The van der Waals surface area contributed by atoms with E-state index >= 15 is 0 Å². The predicted octanol–water partition coefficient (Wildman–Crippen LogP) is 1.20. The summed E-state index contributed by atoms with van der Waals surface area (Å²) in [7, 11) is 0. The third-order valence-electron chi connectivity index (χ3n) is 1.50. The van der Waals surface area contributed by atoms with Crippen molar-refractivity contribution < 1.29 is 10.0 Å². The molecule has 1 N–H and O–H groups in total. The number of aliphatic hydroxyl groups is 1. The second-order valence-corrected chi connectivity index (χ2v) is 2.66. The van der Waals surface area contributed by atoms with Gasteiger partial charge in [0.05, 0.1) is 0 Å². The van der Waals surface area contributed by atoms with Crippen molar-refractivity contribution in [2.75, 3.05) is 6.54 Å². The van der Waals surface area contributed by atoms with Crippen molar-refractivity contribution in [2.45, 2.75) is 38.7 Å². The van der Waals surface area contributed by atoms with E-state index in [1.165, 1.54) is 0 Å². The van der Waals surface area contributed by atoms with Crippen molar-refractivity contribution in [3.05, 3.63) is 10.1 Å². The summed E-state index contributed by atoms with van der Waals surface area (Å²) in [4.78, 5) is 9.41. The van der Waals surface area contributed by atoms with Gasteiger partial charge in [-0.25, -0.2) is 0 Å². The minimum Gasteiger partial charge on any atom is -0.386 e.